The topological polar surface area (TPSA) is 137 Å². The molecule has 3 saturated heterocycles. The van der Waals surface area contributed by atoms with Crippen LogP contribution < -0.4 is 5.32 Å². The molecule has 1 aromatic rings. The van der Waals surface area contributed by atoms with E-state index in [0.717, 1.165) is 16.7 Å². The Hall–Kier alpha value is -2.84. The molecule has 0 aliphatic carbocycles. The summed E-state index contributed by atoms with van der Waals surface area (Å²) in [6.07, 6.45) is 3.62. The lowest BCUT2D eigenvalue weighted by molar-refractivity contribution is -0.150. The summed E-state index contributed by atoms with van der Waals surface area (Å²) in [6, 6.07) is 1.96. The monoisotopic (exact) mass is 700 g/mol. The summed E-state index contributed by atoms with van der Waals surface area (Å²) in [6.45, 7) is 4.89. The van der Waals surface area contributed by atoms with Crippen molar-refractivity contribution in [3.05, 3.63) is 62.8 Å². The molecule has 11 nitrogen and oxygen atoms in total. The lowest BCUT2D eigenvalue weighted by atomic mass is 10.0. The SMILES string of the molecule is C=CCOC(=O)N1CC[C@H](N2CCC(=CC3=C(C(=O)O)N4C(=O)C(NC(=O)CSc5cc(Cl)c(Cl)cc5Cl)[C@@H]4SC3)C2=O)C1. The average Bonchev–Trinajstić information content (AvgIpc) is 3.62. The second-order valence-corrected chi connectivity index (χ2v) is 13.6. The van der Waals surface area contributed by atoms with E-state index in [9.17, 15) is 29.1 Å². The molecule has 0 bridgehead atoms. The van der Waals surface area contributed by atoms with Gasteiger partial charge in [0, 0.05) is 35.9 Å². The number of amides is 4. The highest BCUT2D eigenvalue weighted by Gasteiger charge is 2.54. The summed E-state index contributed by atoms with van der Waals surface area (Å²) in [5, 5.41) is 13.0. The molecule has 4 amide bonds. The minimum Gasteiger partial charge on any atom is -0.477 e. The molecule has 4 aliphatic rings. The van der Waals surface area contributed by atoms with Crippen LogP contribution in [0.5, 0.6) is 0 Å². The van der Waals surface area contributed by atoms with E-state index in [4.69, 9.17) is 39.5 Å². The van der Waals surface area contributed by atoms with E-state index in [2.05, 4.69) is 11.9 Å². The Labute approximate surface area is 276 Å². The molecule has 0 saturated carbocycles. The normalized spacial score (nSPS) is 24.0. The highest BCUT2D eigenvalue weighted by atomic mass is 35.5. The first-order chi connectivity index (χ1) is 21.0. The van der Waals surface area contributed by atoms with Gasteiger partial charge in [-0.15, -0.1) is 23.5 Å². The smallest absolute Gasteiger partial charge is 0.410 e. The quantitative estimate of drug-likeness (QED) is 0.129. The number of nitrogens with zero attached hydrogens (tertiary/aromatic N) is 3. The van der Waals surface area contributed by atoms with Crippen LogP contribution in [0.1, 0.15) is 12.8 Å². The van der Waals surface area contributed by atoms with Gasteiger partial charge >= 0.3 is 12.1 Å². The second kappa shape index (κ2) is 13.7. The molecule has 0 spiro atoms. The van der Waals surface area contributed by atoms with Gasteiger partial charge in [-0.25, -0.2) is 9.59 Å². The molecule has 44 heavy (non-hydrogen) atoms. The van der Waals surface area contributed by atoms with Crippen molar-refractivity contribution in [1.29, 1.82) is 0 Å². The van der Waals surface area contributed by atoms with Crippen LogP contribution in [0, 0.1) is 0 Å². The Morgan fingerprint density at radius 2 is 1.91 bits per heavy atom. The number of carbonyl (C=O) groups excluding carboxylic acids is 4. The Balaban J connectivity index is 1.22. The zero-order chi connectivity index (χ0) is 31.7. The van der Waals surface area contributed by atoms with Crippen LogP contribution in [-0.4, -0.2) is 105 Å². The maximum absolute atomic E-state index is 13.3. The number of hydrogen-bond acceptors (Lipinski definition) is 8. The molecule has 234 valence electrons. The number of carboxylic acid groups (broad SMARTS) is 1. The zero-order valence-electron chi connectivity index (χ0n) is 23.1. The number of benzene rings is 1. The van der Waals surface area contributed by atoms with Crippen LogP contribution in [-0.2, 0) is 23.9 Å². The molecule has 3 fully saturated rings. The van der Waals surface area contributed by atoms with Gasteiger partial charge in [0.05, 0.1) is 26.9 Å². The van der Waals surface area contributed by atoms with Crippen molar-refractivity contribution in [2.75, 3.05) is 37.7 Å². The van der Waals surface area contributed by atoms with Crippen molar-refractivity contribution < 1.29 is 33.8 Å². The first kappa shape index (κ1) is 32.6. The molecule has 1 aromatic carbocycles. The first-order valence-electron chi connectivity index (χ1n) is 13.5. The summed E-state index contributed by atoms with van der Waals surface area (Å²) >= 11 is 20.6. The van der Waals surface area contributed by atoms with Crippen molar-refractivity contribution in [1.82, 2.24) is 20.0 Å². The number of aliphatic carboxylic acids is 1. The van der Waals surface area contributed by atoms with E-state index in [-0.39, 0.29) is 40.8 Å². The summed E-state index contributed by atoms with van der Waals surface area (Å²) < 4.78 is 5.09. The molecule has 16 heteroatoms. The standard InChI is InChI=1S/C28H27Cl3N4O7S2/c1-2-7-42-28(41)33-5-4-16(11-33)34-6-3-14(24(34)37)8-15-12-44-26-22(25(38)35(26)23(15)27(39)40)32-21(36)13-43-20-10-18(30)17(29)9-19(20)31/h2,8-10,16,22,26H,1,3-7,11-13H2,(H,32,36)(H,39,40)/t16-,22?,26-/m0/s1. The number of β-lactam (4-membered cyclic amide) rings is 1. The summed E-state index contributed by atoms with van der Waals surface area (Å²) in [4.78, 5) is 68.5. The number of halogens is 3. The number of carbonyl (C=O) groups is 5. The average molecular weight is 702 g/mol. The molecule has 0 aromatic heterocycles. The minimum atomic E-state index is -1.29. The molecular formula is C28H27Cl3N4O7S2. The van der Waals surface area contributed by atoms with Crippen molar-refractivity contribution in [2.24, 2.45) is 0 Å². The predicted octanol–water partition coefficient (Wildman–Crippen LogP) is 4.03. The molecule has 5 rings (SSSR count). The van der Waals surface area contributed by atoms with Crippen LogP contribution in [0.15, 0.2) is 52.6 Å². The highest BCUT2D eigenvalue weighted by molar-refractivity contribution is 8.00. The number of rotatable bonds is 9. The van der Waals surface area contributed by atoms with Gasteiger partial charge in [0.2, 0.25) is 11.8 Å². The van der Waals surface area contributed by atoms with Crippen LogP contribution in [0.2, 0.25) is 15.1 Å². The molecule has 3 atom stereocenters. The van der Waals surface area contributed by atoms with Crippen LogP contribution >= 0.6 is 58.3 Å². The van der Waals surface area contributed by atoms with E-state index in [1.807, 2.05) is 0 Å². The van der Waals surface area contributed by atoms with Gasteiger partial charge in [-0.3, -0.25) is 19.3 Å². The minimum absolute atomic E-state index is 0.0504. The van der Waals surface area contributed by atoms with Gasteiger partial charge in [0.1, 0.15) is 23.7 Å². The summed E-state index contributed by atoms with van der Waals surface area (Å²) in [5.41, 5.74) is 0.603. The van der Waals surface area contributed by atoms with Crippen LogP contribution in [0.3, 0.4) is 0 Å². The van der Waals surface area contributed by atoms with E-state index in [0.29, 0.717) is 58.6 Å². The number of thioether (sulfide) groups is 2. The fourth-order valence-corrected chi connectivity index (χ4v) is 8.29. The van der Waals surface area contributed by atoms with Gasteiger partial charge in [-0.05, 0) is 36.6 Å². The fourth-order valence-electron chi connectivity index (χ4n) is 5.44. The number of ether oxygens (including phenoxy) is 1. The van der Waals surface area contributed by atoms with E-state index in [1.54, 1.807) is 21.9 Å². The molecule has 2 N–H and O–H groups in total. The van der Waals surface area contributed by atoms with Gasteiger partial charge in [-0.1, -0.05) is 47.5 Å². The van der Waals surface area contributed by atoms with Crippen LogP contribution in [0.4, 0.5) is 4.79 Å². The zero-order valence-corrected chi connectivity index (χ0v) is 27.0. The molecule has 1 unspecified atom stereocenters. The van der Waals surface area contributed by atoms with Crippen molar-refractivity contribution in [3.63, 3.8) is 0 Å². The number of hydrogen-bond donors (Lipinski definition) is 2. The lowest BCUT2D eigenvalue weighted by Crippen LogP contribution is -2.70. The number of nitrogens with one attached hydrogen (secondary N) is 1. The Morgan fingerprint density at radius 1 is 1.16 bits per heavy atom. The number of likely N-dealkylation sites (tertiary alicyclic amines) is 2. The third kappa shape index (κ3) is 6.57. The van der Waals surface area contributed by atoms with E-state index < -0.39 is 35.3 Å². The van der Waals surface area contributed by atoms with E-state index >= 15 is 0 Å². The fraction of sp³-hybridized carbons (Fsp3) is 0.393. The Kier molecular flexibility index (Phi) is 10.1. The van der Waals surface area contributed by atoms with Gasteiger partial charge < -0.3 is 25.0 Å². The Morgan fingerprint density at radius 3 is 2.64 bits per heavy atom. The lowest BCUT2D eigenvalue weighted by Gasteiger charge is -2.49. The molecule has 4 heterocycles. The van der Waals surface area contributed by atoms with Crippen LogP contribution in [0.25, 0.3) is 0 Å². The maximum Gasteiger partial charge on any atom is 0.410 e. The second-order valence-electron chi connectivity index (χ2n) is 10.3. The number of allylic oxidation sites excluding steroid dienone is 1. The van der Waals surface area contributed by atoms with Gasteiger partial charge in [0.25, 0.3) is 5.91 Å². The number of carboxylic acids is 1. The highest BCUT2D eigenvalue weighted by Crippen LogP contribution is 2.42. The molecule has 4 aliphatic heterocycles. The largest absolute Gasteiger partial charge is 0.477 e. The first-order valence-corrected chi connectivity index (χ1v) is 16.7. The van der Waals surface area contributed by atoms with Crippen molar-refractivity contribution in [3.8, 4) is 0 Å². The summed E-state index contributed by atoms with van der Waals surface area (Å²) in [5.74, 6) is -2.31. The third-order valence-corrected chi connectivity index (χ3v) is 11.0. The molecule has 0 radical (unpaired) electrons. The van der Waals surface area contributed by atoms with Crippen molar-refractivity contribution >= 4 is 88.1 Å². The van der Waals surface area contributed by atoms with E-state index in [1.165, 1.54) is 23.9 Å². The Bertz CT molecular complexity index is 1500. The number of fused-ring (bicyclic) bond motifs is 1. The van der Waals surface area contributed by atoms with Gasteiger partial charge in [-0.2, -0.15) is 0 Å². The maximum atomic E-state index is 13.3. The summed E-state index contributed by atoms with van der Waals surface area (Å²) in [7, 11) is 0. The molecular weight excluding hydrogens is 675 g/mol. The predicted molar refractivity (Wildman–Crippen MR) is 168 cm³/mol. The van der Waals surface area contributed by atoms with Crippen molar-refractivity contribution in [2.45, 2.75) is 35.2 Å². The third-order valence-electron chi connectivity index (χ3n) is 7.54. The van der Waals surface area contributed by atoms with Gasteiger partial charge in [0.15, 0.2) is 0 Å².